The maximum atomic E-state index is 3.46. The predicted octanol–water partition coefficient (Wildman–Crippen LogP) is 2.71. The second-order valence-electron chi connectivity index (χ2n) is 5.38. The molecule has 1 N–H and O–H groups in total. The summed E-state index contributed by atoms with van der Waals surface area (Å²) in [5, 5.41) is 3.46. The number of piperidine rings is 1. The fourth-order valence-electron chi connectivity index (χ4n) is 3.24. The molecule has 0 aromatic heterocycles. The van der Waals surface area contributed by atoms with Gasteiger partial charge in [0.05, 0.1) is 0 Å². The van der Waals surface area contributed by atoms with Crippen LogP contribution in [0.5, 0.6) is 0 Å². The van der Waals surface area contributed by atoms with Gasteiger partial charge in [-0.15, -0.1) is 0 Å². The second-order valence-corrected chi connectivity index (χ2v) is 5.38. The standard InChI is InChI=1S/C15H22N2/c1-12-5-2-3-10-17(12)15-7-4-6-13-11-16-9-8-14(13)15/h4,6-7,12,16H,2-3,5,8-11H2,1H3. The summed E-state index contributed by atoms with van der Waals surface area (Å²) in [7, 11) is 0. The molecule has 2 heterocycles. The van der Waals surface area contributed by atoms with Crippen LogP contribution in [0.2, 0.25) is 0 Å². The molecule has 2 heteroatoms. The van der Waals surface area contributed by atoms with E-state index in [0.29, 0.717) is 6.04 Å². The third-order valence-corrected chi connectivity index (χ3v) is 4.23. The lowest BCUT2D eigenvalue weighted by Gasteiger charge is -2.38. The molecule has 1 saturated heterocycles. The van der Waals surface area contributed by atoms with Crippen molar-refractivity contribution in [1.82, 2.24) is 5.32 Å². The average molecular weight is 230 g/mol. The van der Waals surface area contributed by atoms with Gasteiger partial charge in [0, 0.05) is 24.8 Å². The van der Waals surface area contributed by atoms with Gasteiger partial charge in [-0.2, -0.15) is 0 Å². The zero-order chi connectivity index (χ0) is 11.7. The number of nitrogens with one attached hydrogen (secondary N) is 1. The number of anilines is 1. The van der Waals surface area contributed by atoms with Gasteiger partial charge in [-0.05, 0) is 56.3 Å². The Hall–Kier alpha value is -1.02. The van der Waals surface area contributed by atoms with Crippen molar-refractivity contribution in [3.8, 4) is 0 Å². The van der Waals surface area contributed by atoms with Crippen molar-refractivity contribution < 1.29 is 0 Å². The fourth-order valence-corrected chi connectivity index (χ4v) is 3.24. The molecule has 0 radical (unpaired) electrons. The first-order valence-corrected chi connectivity index (χ1v) is 6.94. The van der Waals surface area contributed by atoms with Crippen LogP contribution in [0.25, 0.3) is 0 Å². The smallest absolute Gasteiger partial charge is 0.0404 e. The van der Waals surface area contributed by atoms with Crippen molar-refractivity contribution in [2.45, 2.75) is 45.2 Å². The highest BCUT2D eigenvalue weighted by Gasteiger charge is 2.22. The summed E-state index contributed by atoms with van der Waals surface area (Å²) < 4.78 is 0. The van der Waals surface area contributed by atoms with Gasteiger partial charge < -0.3 is 10.2 Å². The molecule has 2 nitrogen and oxygen atoms in total. The van der Waals surface area contributed by atoms with Crippen LogP contribution in [-0.4, -0.2) is 19.1 Å². The van der Waals surface area contributed by atoms with Gasteiger partial charge in [0.25, 0.3) is 0 Å². The molecule has 0 amide bonds. The Morgan fingerprint density at radius 3 is 3.12 bits per heavy atom. The van der Waals surface area contributed by atoms with Crippen LogP contribution >= 0.6 is 0 Å². The van der Waals surface area contributed by atoms with Crippen molar-refractivity contribution in [1.29, 1.82) is 0 Å². The normalized spacial score (nSPS) is 24.5. The lowest BCUT2D eigenvalue weighted by atomic mass is 9.95. The number of benzene rings is 1. The van der Waals surface area contributed by atoms with Gasteiger partial charge in [-0.3, -0.25) is 0 Å². The molecular weight excluding hydrogens is 208 g/mol. The van der Waals surface area contributed by atoms with Gasteiger partial charge >= 0.3 is 0 Å². The van der Waals surface area contributed by atoms with E-state index in [9.17, 15) is 0 Å². The summed E-state index contributed by atoms with van der Waals surface area (Å²) in [5.41, 5.74) is 4.61. The molecule has 1 aromatic rings. The fraction of sp³-hybridized carbons (Fsp3) is 0.600. The molecule has 2 aliphatic heterocycles. The quantitative estimate of drug-likeness (QED) is 0.798. The summed E-state index contributed by atoms with van der Waals surface area (Å²) in [6, 6.07) is 7.54. The minimum atomic E-state index is 0.713. The number of fused-ring (bicyclic) bond motifs is 1. The highest BCUT2D eigenvalue weighted by atomic mass is 15.2. The van der Waals surface area contributed by atoms with E-state index in [1.54, 1.807) is 5.56 Å². The van der Waals surface area contributed by atoms with Crippen LogP contribution in [0, 0.1) is 0 Å². The first-order valence-electron chi connectivity index (χ1n) is 6.94. The Kier molecular flexibility index (Phi) is 3.06. The van der Waals surface area contributed by atoms with E-state index in [-0.39, 0.29) is 0 Å². The first-order chi connectivity index (χ1) is 8.36. The van der Waals surface area contributed by atoms with Crippen molar-refractivity contribution in [2.75, 3.05) is 18.0 Å². The summed E-state index contributed by atoms with van der Waals surface area (Å²) in [6.45, 7) is 5.79. The third kappa shape index (κ3) is 2.06. The molecule has 92 valence electrons. The van der Waals surface area contributed by atoms with Gasteiger partial charge in [-0.1, -0.05) is 12.1 Å². The van der Waals surface area contributed by atoms with Crippen LogP contribution in [0.15, 0.2) is 18.2 Å². The highest BCUT2D eigenvalue weighted by molar-refractivity contribution is 5.58. The van der Waals surface area contributed by atoms with Crippen LogP contribution < -0.4 is 10.2 Å². The maximum absolute atomic E-state index is 3.46. The number of hydrogen-bond acceptors (Lipinski definition) is 2. The van der Waals surface area contributed by atoms with Crippen LogP contribution in [0.4, 0.5) is 5.69 Å². The third-order valence-electron chi connectivity index (χ3n) is 4.23. The summed E-state index contributed by atoms with van der Waals surface area (Å²) in [5.74, 6) is 0. The van der Waals surface area contributed by atoms with E-state index in [1.807, 2.05) is 0 Å². The van der Waals surface area contributed by atoms with Crippen molar-refractivity contribution >= 4 is 5.69 Å². The molecule has 0 aliphatic carbocycles. The molecule has 1 fully saturated rings. The van der Waals surface area contributed by atoms with Gasteiger partial charge in [-0.25, -0.2) is 0 Å². The molecule has 17 heavy (non-hydrogen) atoms. The van der Waals surface area contributed by atoms with E-state index in [1.165, 1.54) is 43.5 Å². The van der Waals surface area contributed by atoms with E-state index in [4.69, 9.17) is 0 Å². The average Bonchev–Trinajstić information content (AvgIpc) is 2.39. The van der Waals surface area contributed by atoms with Crippen LogP contribution in [0.1, 0.15) is 37.3 Å². The Morgan fingerprint density at radius 2 is 2.24 bits per heavy atom. The number of nitrogens with zero attached hydrogens (tertiary/aromatic N) is 1. The van der Waals surface area contributed by atoms with E-state index >= 15 is 0 Å². The Morgan fingerprint density at radius 1 is 1.29 bits per heavy atom. The van der Waals surface area contributed by atoms with Crippen molar-refractivity contribution in [3.63, 3.8) is 0 Å². The Bertz CT molecular complexity index is 400. The Balaban J connectivity index is 1.96. The topological polar surface area (TPSA) is 15.3 Å². The number of hydrogen-bond donors (Lipinski definition) is 1. The first kappa shape index (κ1) is 11.1. The largest absolute Gasteiger partial charge is 0.369 e. The Labute approximate surface area is 104 Å². The molecule has 0 spiro atoms. The lowest BCUT2D eigenvalue weighted by Crippen LogP contribution is -2.39. The van der Waals surface area contributed by atoms with E-state index < -0.39 is 0 Å². The molecule has 3 rings (SSSR count). The van der Waals surface area contributed by atoms with Gasteiger partial charge in [0.2, 0.25) is 0 Å². The summed E-state index contributed by atoms with van der Waals surface area (Å²) in [6.07, 6.45) is 5.29. The lowest BCUT2D eigenvalue weighted by molar-refractivity contribution is 0.482. The van der Waals surface area contributed by atoms with E-state index in [0.717, 1.165) is 13.1 Å². The van der Waals surface area contributed by atoms with Crippen molar-refractivity contribution in [2.24, 2.45) is 0 Å². The number of rotatable bonds is 1. The minimum Gasteiger partial charge on any atom is -0.369 e. The highest BCUT2D eigenvalue weighted by Crippen LogP contribution is 2.31. The molecular formula is C15H22N2. The molecule has 1 aromatic carbocycles. The molecule has 1 atom stereocenters. The van der Waals surface area contributed by atoms with Gasteiger partial charge in [0.1, 0.15) is 0 Å². The maximum Gasteiger partial charge on any atom is 0.0404 e. The zero-order valence-electron chi connectivity index (χ0n) is 10.7. The van der Waals surface area contributed by atoms with Crippen molar-refractivity contribution in [3.05, 3.63) is 29.3 Å². The summed E-state index contributed by atoms with van der Waals surface area (Å²) >= 11 is 0. The second kappa shape index (κ2) is 4.69. The zero-order valence-corrected chi connectivity index (χ0v) is 10.7. The predicted molar refractivity (Wildman–Crippen MR) is 72.5 cm³/mol. The minimum absolute atomic E-state index is 0.713. The summed E-state index contributed by atoms with van der Waals surface area (Å²) in [4.78, 5) is 2.63. The molecule has 0 saturated carbocycles. The van der Waals surface area contributed by atoms with Gasteiger partial charge in [0.15, 0.2) is 0 Å². The molecule has 0 bridgehead atoms. The van der Waals surface area contributed by atoms with Crippen LogP contribution in [-0.2, 0) is 13.0 Å². The monoisotopic (exact) mass is 230 g/mol. The van der Waals surface area contributed by atoms with Crippen LogP contribution in [0.3, 0.4) is 0 Å². The molecule has 2 aliphatic rings. The van der Waals surface area contributed by atoms with E-state index in [2.05, 4.69) is 35.3 Å². The molecule has 1 unspecified atom stereocenters. The SMILES string of the molecule is CC1CCCCN1c1cccc2c1CCNC2.